The summed E-state index contributed by atoms with van der Waals surface area (Å²) in [6.45, 7) is 4.31. The lowest BCUT2D eigenvalue weighted by Crippen LogP contribution is -2.38. The van der Waals surface area contributed by atoms with Gasteiger partial charge in [0.1, 0.15) is 11.4 Å². The van der Waals surface area contributed by atoms with Gasteiger partial charge in [-0.15, -0.1) is 0 Å². The van der Waals surface area contributed by atoms with Gasteiger partial charge >= 0.3 is 0 Å². The second-order valence-corrected chi connectivity index (χ2v) is 5.61. The van der Waals surface area contributed by atoms with Gasteiger partial charge in [-0.2, -0.15) is 0 Å². The molecule has 1 aliphatic rings. The van der Waals surface area contributed by atoms with E-state index in [-0.39, 0.29) is 5.60 Å². The van der Waals surface area contributed by atoms with Crippen molar-refractivity contribution in [3.8, 4) is 5.75 Å². The Morgan fingerprint density at radius 1 is 1.17 bits per heavy atom. The van der Waals surface area contributed by atoms with Gasteiger partial charge < -0.3 is 10.1 Å². The number of hydrogen-bond acceptors (Lipinski definition) is 2. The quantitative estimate of drug-likeness (QED) is 0.822. The summed E-state index contributed by atoms with van der Waals surface area (Å²) in [5.74, 6) is 1.05. The van der Waals surface area contributed by atoms with Crippen LogP contribution in [-0.4, -0.2) is 12.6 Å². The van der Waals surface area contributed by atoms with Crippen molar-refractivity contribution in [1.82, 2.24) is 5.32 Å². The Labute approximate surface area is 108 Å². The van der Waals surface area contributed by atoms with E-state index >= 15 is 0 Å². The highest BCUT2D eigenvalue weighted by molar-refractivity contribution is 5.90. The Hall–Kier alpha value is -1.54. The van der Waals surface area contributed by atoms with E-state index in [1.54, 1.807) is 0 Å². The molecule has 3 rings (SSSR count). The summed E-state index contributed by atoms with van der Waals surface area (Å²) in [7, 11) is 2.02. The predicted octanol–water partition coefficient (Wildman–Crippen LogP) is 3.66. The summed E-state index contributed by atoms with van der Waals surface area (Å²) < 4.78 is 6.22. The molecule has 0 bridgehead atoms. The van der Waals surface area contributed by atoms with Crippen LogP contribution >= 0.6 is 0 Å². The molecule has 0 saturated heterocycles. The number of ether oxygens (including phenoxy) is 1. The van der Waals surface area contributed by atoms with E-state index < -0.39 is 0 Å². The number of rotatable bonds is 1. The topological polar surface area (TPSA) is 21.3 Å². The van der Waals surface area contributed by atoms with Crippen molar-refractivity contribution in [2.45, 2.75) is 31.9 Å². The van der Waals surface area contributed by atoms with Crippen LogP contribution in [0.3, 0.4) is 0 Å². The van der Waals surface area contributed by atoms with Crippen molar-refractivity contribution in [2.24, 2.45) is 0 Å². The minimum absolute atomic E-state index is 0.120. The fraction of sp³-hybridized carbons (Fsp3) is 0.375. The lowest BCUT2D eigenvalue weighted by Gasteiger charge is -2.38. The van der Waals surface area contributed by atoms with E-state index in [0.29, 0.717) is 6.04 Å². The molecule has 18 heavy (non-hydrogen) atoms. The standard InChI is InChI=1S/C16H19NO/c1-16(2)10-14(17-3)13-9-8-11-6-4-5-7-12(11)15(13)18-16/h4-9,14,17H,10H2,1-3H3. The molecule has 0 amide bonds. The zero-order valence-corrected chi connectivity index (χ0v) is 11.2. The van der Waals surface area contributed by atoms with Gasteiger partial charge in [0.05, 0.1) is 0 Å². The zero-order chi connectivity index (χ0) is 12.8. The fourth-order valence-corrected chi connectivity index (χ4v) is 2.83. The molecule has 0 radical (unpaired) electrons. The minimum atomic E-state index is -0.120. The molecule has 0 aromatic heterocycles. The maximum Gasteiger partial charge on any atom is 0.132 e. The van der Waals surface area contributed by atoms with Crippen LogP contribution < -0.4 is 10.1 Å². The van der Waals surface area contributed by atoms with E-state index in [2.05, 4.69) is 55.6 Å². The van der Waals surface area contributed by atoms with Crippen molar-refractivity contribution in [1.29, 1.82) is 0 Å². The Morgan fingerprint density at radius 2 is 1.94 bits per heavy atom. The molecular weight excluding hydrogens is 222 g/mol. The number of benzene rings is 2. The summed E-state index contributed by atoms with van der Waals surface area (Å²) in [4.78, 5) is 0. The first-order valence-electron chi connectivity index (χ1n) is 6.49. The third-order valence-electron chi connectivity index (χ3n) is 3.71. The Bertz CT molecular complexity index is 589. The van der Waals surface area contributed by atoms with Crippen LogP contribution in [-0.2, 0) is 0 Å². The van der Waals surface area contributed by atoms with E-state index in [1.165, 1.54) is 16.3 Å². The largest absolute Gasteiger partial charge is 0.487 e. The van der Waals surface area contributed by atoms with Crippen LogP contribution in [0.2, 0.25) is 0 Å². The highest BCUT2D eigenvalue weighted by atomic mass is 16.5. The van der Waals surface area contributed by atoms with E-state index in [1.807, 2.05) is 7.05 Å². The lowest BCUT2D eigenvalue weighted by molar-refractivity contribution is 0.0696. The van der Waals surface area contributed by atoms with Crippen LogP contribution in [0.25, 0.3) is 10.8 Å². The lowest BCUT2D eigenvalue weighted by atomic mass is 9.88. The van der Waals surface area contributed by atoms with E-state index in [4.69, 9.17) is 4.74 Å². The van der Waals surface area contributed by atoms with Gasteiger partial charge in [-0.3, -0.25) is 0 Å². The molecule has 0 spiro atoms. The summed E-state index contributed by atoms with van der Waals surface area (Å²) in [5.41, 5.74) is 1.15. The maximum atomic E-state index is 6.22. The van der Waals surface area contributed by atoms with Crippen molar-refractivity contribution >= 4 is 10.8 Å². The van der Waals surface area contributed by atoms with Crippen molar-refractivity contribution < 1.29 is 4.74 Å². The molecule has 2 nitrogen and oxygen atoms in total. The summed E-state index contributed by atoms with van der Waals surface area (Å²) in [6.07, 6.45) is 0.995. The molecule has 0 fully saturated rings. The third kappa shape index (κ3) is 1.77. The smallest absolute Gasteiger partial charge is 0.132 e. The summed E-state index contributed by atoms with van der Waals surface area (Å²) in [5, 5.41) is 5.85. The van der Waals surface area contributed by atoms with Gasteiger partial charge in [-0.1, -0.05) is 36.4 Å². The normalized spacial score (nSPS) is 21.4. The number of fused-ring (bicyclic) bond motifs is 3. The molecule has 1 N–H and O–H groups in total. The van der Waals surface area contributed by atoms with Gasteiger partial charge in [0.25, 0.3) is 0 Å². The molecule has 2 heteroatoms. The summed E-state index contributed by atoms with van der Waals surface area (Å²) >= 11 is 0. The molecular formula is C16H19NO. The Kier molecular flexibility index (Phi) is 2.56. The first-order valence-corrected chi connectivity index (χ1v) is 6.49. The SMILES string of the molecule is CNC1CC(C)(C)Oc2c1ccc1ccccc21. The maximum absolute atomic E-state index is 6.22. The molecule has 1 aliphatic heterocycles. The van der Waals surface area contributed by atoms with E-state index in [0.717, 1.165) is 12.2 Å². The first-order chi connectivity index (χ1) is 8.61. The molecule has 1 heterocycles. The second kappa shape index (κ2) is 3.99. The van der Waals surface area contributed by atoms with Crippen molar-refractivity contribution in [3.05, 3.63) is 42.0 Å². The highest BCUT2D eigenvalue weighted by Crippen LogP contribution is 2.43. The third-order valence-corrected chi connectivity index (χ3v) is 3.71. The number of hydrogen-bond donors (Lipinski definition) is 1. The predicted molar refractivity (Wildman–Crippen MR) is 75.1 cm³/mol. The van der Waals surface area contributed by atoms with Gasteiger partial charge in [0.15, 0.2) is 0 Å². The van der Waals surface area contributed by atoms with Gasteiger partial charge in [-0.25, -0.2) is 0 Å². The molecule has 1 atom stereocenters. The van der Waals surface area contributed by atoms with Gasteiger partial charge in [0, 0.05) is 23.4 Å². The molecule has 1 unspecified atom stereocenters. The number of nitrogens with one attached hydrogen (secondary N) is 1. The average molecular weight is 241 g/mol. The highest BCUT2D eigenvalue weighted by Gasteiger charge is 2.33. The summed E-state index contributed by atoms with van der Waals surface area (Å²) in [6, 6.07) is 13.2. The molecule has 0 aliphatic carbocycles. The monoisotopic (exact) mass is 241 g/mol. The van der Waals surface area contributed by atoms with Crippen molar-refractivity contribution in [2.75, 3.05) is 7.05 Å². The van der Waals surface area contributed by atoms with Crippen molar-refractivity contribution in [3.63, 3.8) is 0 Å². The van der Waals surface area contributed by atoms with Gasteiger partial charge in [-0.05, 0) is 26.3 Å². The van der Waals surface area contributed by atoms with Crippen LogP contribution in [0, 0.1) is 0 Å². The molecule has 0 saturated carbocycles. The first kappa shape index (κ1) is 11.5. The average Bonchev–Trinajstić information content (AvgIpc) is 2.36. The zero-order valence-electron chi connectivity index (χ0n) is 11.2. The van der Waals surface area contributed by atoms with Crippen LogP contribution in [0.4, 0.5) is 0 Å². The fourth-order valence-electron chi connectivity index (χ4n) is 2.83. The Balaban J connectivity index is 2.25. The van der Waals surface area contributed by atoms with Gasteiger partial charge in [0.2, 0.25) is 0 Å². The molecule has 2 aromatic carbocycles. The molecule has 94 valence electrons. The van der Waals surface area contributed by atoms with Crippen LogP contribution in [0.5, 0.6) is 5.75 Å². The van der Waals surface area contributed by atoms with Crippen LogP contribution in [0.15, 0.2) is 36.4 Å². The second-order valence-electron chi connectivity index (χ2n) is 5.61. The molecule has 2 aromatic rings. The Morgan fingerprint density at radius 3 is 2.72 bits per heavy atom. The van der Waals surface area contributed by atoms with Crippen LogP contribution in [0.1, 0.15) is 31.9 Å². The van der Waals surface area contributed by atoms with E-state index in [9.17, 15) is 0 Å². The minimum Gasteiger partial charge on any atom is -0.487 e.